The molecule has 19 heavy (non-hydrogen) atoms. The molecule has 0 saturated heterocycles. The van der Waals surface area contributed by atoms with Gasteiger partial charge in [0.1, 0.15) is 5.54 Å². The van der Waals surface area contributed by atoms with Crippen LogP contribution >= 0.6 is 0 Å². The highest BCUT2D eigenvalue weighted by Crippen LogP contribution is 2.27. The summed E-state index contributed by atoms with van der Waals surface area (Å²) >= 11 is 0. The number of carbonyl (C=O) groups is 1. The zero-order chi connectivity index (χ0) is 13.7. The van der Waals surface area contributed by atoms with E-state index in [0.717, 1.165) is 18.4 Å². The van der Waals surface area contributed by atoms with Crippen molar-refractivity contribution in [2.75, 3.05) is 13.2 Å². The maximum Gasteiger partial charge on any atom is 0.244 e. The number of hydrogen-bond acceptors (Lipinski definition) is 3. The number of ether oxygens (including phenoxy) is 1. The van der Waals surface area contributed by atoms with Gasteiger partial charge in [-0.3, -0.25) is 10.1 Å². The molecule has 3 N–H and O–H groups in total. The normalized spacial score (nSPS) is 18.6. The van der Waals surface area contributed by atoms with Gasteiger partial charge in [0.05, 0.1) is 12.7 Å². The average molecular weight is 262 g/mol. The fourth-order valence-corrected chi connectivity index (χ4v) is 2.34. The minimum Gasteiger partial charge on any atom is -0.375 e. The van der Waals surface area contributed by atoms with E-state index in [1.807, 2.05) is 37.3 Å². The van der Waals surface area contributed by atoms with E-state index in [1.54, 1.807) is 0 Å². The molecule has 1 aromatic rings. The van der Waals surface area contributed by atoms with Crippen LogP contribution in [0.4, 0.5) is 0 Å². The van der Waals surface area contributed by atoms with Crippen LogP contribution in [-0.2, 0) is 15.1 Å². The number of carbonyl (C=O) groups excluding carboxylic acids is 1. The van der Waals surface area contributed by atoms with Crippen LogP contribution in [0.3, 0.4) is 0 Å². The molecule has 1 fully saturated rings. The topological polar surface area (TPSA) is 64.3 Å². The van der Waals surface area contributed by atoms with Crippen LogP contribution in [0.1, 0.15) is 31.7 Å². The van der Waals surface area contributed by atoms with Crippen LogP contribution < -0.4 is 11.1 Å². The minimum atomic E-state index is -0.925. The van der Waals surface area contributed by atoms with Gasteiger partial charge in [0.2, 0.25) is 5.91 Å². The minimum absolute atomic E-state index is 0.279. The molecule has 1 aliphatic rings. The number of nitrogens with one attached hydrogen (secondary N) is 1. The third-order valence-electron chi connectivity index (χ3n) is 3.75. The van der Waals surface area contributed by atoms with E-state index in [1.165, 1.54) is 6.42 Å². The molecular formula is C15H22N2O2. The highest BCUT2D eigenvalue weighted by molar-refractivity contribution is 5.86. The molecule has 0 aliphatic heterocycles. The Kier molecular flexibility index (Phi) is 4.56. The predicted octanol–water partition coefficient (Wildman–Crippen LogP) is 1.55. The van der Waals surface area contributed by atoms with E-state index in [-0.39, 0.29) is 12.0 Å². The van der Waals surface area contributed by atoms with Crippen molar-refractivity contribution in [1.82, 2.24) is 5.32 Å². The summed E-state index contributed by atoms with van der Waals surface area (Å²) < 4.78 is 5.85. The van der Waals surface area contributed by atoms with Crippen LogP contribution in [0, 0.1) is 0 Å². The molecular weight excluding hydrogens is 240 g/mol. The monoisotopic (exact) mass is 262 g/mol. The molecule has 4 nitrogen and oxygen atoms in total. The lowest BCUT2D eigenvalue weighted by Gasteiger charge is -2.35. The summed E-state index contributed by atoms with van der Waals surface area (Å²) in [5.41, 5.74) is 5.59. The smallest absolute Gasteiger partial charge is 0.244 e. The van der Waals surface area contributed by atoms with Crippen molar-refractivity contribution in [2.24, 2.45) is 5.73 Å². The number of likely N-dealkylation sites (N-methyl/N-ethyl adjacent to an activating group) is 1. The fourth-order valence-electron chi connectivity index (χ4n) is 2.34. The van der Waals surface area contributed by atoms with Crippen LogP contribution in [0.15, 0.2) is 30.3 Å². The maximum atomic E-state index is 12.0. The van der Waals surface area contributed by atoms with Crippen LogP contribution in [0.2, 0.25) is 0 Å². The van der Waals surface area contributed by atoms with Gasteiger partial charge < -0.3 is 10.5 Å². The molecule has 104 valence electrons. The lowest BCUT2D eigenvalue weighted by Crippen LogP contribution is -2.56. The number of amides is 1. The van der Waals surface area contributed by atoms with Crippen LogP contribution in [0.5, 0.6) is 0 Å². The molecule has 4 heteroatoms. The number of nitrogens with two attached hydrogens (primary N) is 1. The zero-order valence-corrected chi connectivity index (χ0v) is 11.4. The zero-order valence-electron chi connectivity index (χ0n) is 11.4. The molecule has 1 aliphatic carbocycles. The Morgan fingerprint density at radius 1 is 1.42 bits per heavy atom. The lowest BCUT2D eigenvalue weighted by atomic mass is 9.89. The van der Waals surface area contributed by atoms with E-state index in [4.69, 9.17) is 10.5 Å². The Morgan fingerprint density at radius 3 is 2.58 bits per heavy atom. The quantitative estimate of drug-likeness (QED) is 0.783. The van der Waals surface area contributed by atoms with E-state index in [9.17, 15) is 4.79 Å². The largest absolute Gasteiger partial charge is 0.375 e. The predicted molar refractivity (Wildman–Crippen MR) is 74.6 cm³/mol. The summed E-state index contributed by atoms with van der Waals surface area (Å²) in [7, 11) is 0. The second kappa shape index (κ2) is 6.17. The Labute approximate surface area is 114 Å². The summed E-state index contributed by atoms with van der Waals surface area (Å²) in [6.45, 7) is 2.92. The number of rotatable bonds is 7. The van der Waals surface area contributed by atoms with Gasteiger partial charge in [0.15, 0.2) is 0 Å². The maximum absolute atomic E-state index is 12.0. The first-order valence-corrected chi connectivity index (χ1v) is 6.91. The van der Waals surface area contributed by atoms with E-state index >= 15 is 0 Å². The van der Waals surface area contributed by atoms with Crippen molar-refractivity contribution in [3.63, 3.8) is 0 Å². The van der Waals surface area contributed by atoms with Gasteiger partial charge in [-0.1, -0.05) is 37.3 Å². The highest BCUT2D eigenvalue weighted by atomic mass is 16.5. The first kappa shape index (κ1) is 14.0. The van der Waals surface area contributed by atoms with Crippen molar-refractivity contribution in [1.29, 1.82) is 0 Å². The molecule has 1 atom stereocenters. The third kappa shape index (κ3) is 2.96. The Morgan fingerprint density at radius 2 is 2.11 bits per heavy atom. The molecule has 1 saturated carbocycles. The molecule has 1 unspecified atom stereocenters. The Balaban J connectivity index is 2.21. The molecule has 0 spiro atoms. The first-order valence-electron chi connectivity index (χ1n) is 6.91. The highest BCUT2D eigenvalue weighted by Gasteiger charge is 2.39. The van der Waals surface area contributed by atoms with Gasteiger partial charge in [0, 0.05) is 0 Å². The Bertz CT molecular complexity index is 417. The van der Waals surface area contributed by atoms with Crippen molar-refractivity contribution in [2.45, 2.75) is 37.8 Å². The van der Waals surface area contributed by atoms with Gasteiger partial charge in [0.25, 0.3) is 0 Å². The van der Waals surface area contributed by atoms with Crippen molar-refractivity contribution < 1.29 is 9.53 Å². The molecule has 0 heterocycles. The number of primary amides is 1. The lowest BCUT2D eigenvalue weighted by molar-refractivity contribution is -0.130. The van der Waals surface area contributed by atoms with Crippen LogP contribution in [0.25, 0.3) is 0 Å². The second-order valence-electron chi connectivity index (χ2n) is 5.03. The fraction of sp³-hybridized carbons (Fsp3) is 0.533. The van der Waals surface area contributed by atoms with Crippen molar-refractivity contribution in [3.8, 4) is 0 Å². The average Bonchev–Trinajstić information content (AvgIpc) is 2.36. The molecule has 1 amide bonds. The van der Waals surface area contributed by atoms with Gasteiger partial charge >= 0.3 is 0 Å². The molecule has 1 aromatic carbocycles. The van der Waals surface area contributed by atoms with Gasteiger partial charge in [-0.15, -0.1) is 0 Å². The van der Waals surface area contributed by atoms with Gasteiger partial charge in [-0.25, -0.2) is 0 Å². The third-order valence-corrected chi connectivity index (χ3v) is 3.75. The number of hydrogen-bond donors (Lipinski definition) is 2. The SMILES string of the molecule is CCNC(COC1CCC1)(C(N)=O)c1ccccc1. The summed E-state index contributed by atoms with van der Waals surface area (Å²) in [4.78, 5) is 12.0. The first-order chi connectivity index (χ1) is 9.19. The van der Waals surface area contributed by atoms with E-state index in [2.05, 4.69) is 5.32 Å². The van der Waals surface area contributed by atoms with Crippen LogP contribution in [-0.4, -0.2) is 25.2 Å². The van der Waals surface area contributed by atoms with E-state index < -0.39 is 5.54 Å². The van der Waals surface area contributed by atoms with Crippen molar-refractivity contribution in [3.05, 3.63) is 35.9 Å². The standard InChI is InChI=1S/C15H22N2O2/c1-2-17-15(14(16)18,11-19-13-9-6-10-13)12-7-4-3-5-8-12/h3-5,7-8,13,17H,2,6,9-11H2,1H3,(H2,16,18). The number of benzene rings is 1. The van der Waals surface area contributed by atoms with Gasteiger partial charge in [-0.2, -0.15) is 0 Å². The molecule has 0 radical (unpaired) electrons. The summed E-state index contributed by atoms with van der Waals surface area (Å²) in [6, 6.07) is 9.57. The summed E-state index contributed by atoms with van der Waals surface area (Å²) in [6.07, 6.45) is 3.65. The second-order valence-corrected chi connectivity index (χ2v) is 5.03. The van der Waals surface area contributed by atoms with Gasteiger partial charge in [-0.05, 0) is 31.4 Å². The summed E-state index contributed by atoms with van der Waals surface area (Å²) in [5.74, 6) is -0.389. The summed E-state index contributed by atoms with van der Waals surface area (Å²) in [5, 5.41) is 3.22. The Hall–Kier alpha value is -1.39. The molecule has 0 aromatic heterocycles. The molecule has 2 rings (SSSR count). The van der Waals surface area contributed by atoms with Crippen molar-refractivity contribution >= 4 is 5.91 Å². The van der Waals surface area contributed by atoms with E-state index in [0.29, 0.717) is 13.2 Å². The molecule has 0 bridgehead atoms.